The van der Waals surface area contributed by atoms with Crippen molar-refractivity contribution in [2.45, 2.75) is 26.3 Å². The molecular formula is C19H21N3O2. The van der Waals surface area contributed by atoms with Gasteiger partial charge in [-0.2, -0.15) is 0 Å². The van der Waals surface area contributed by atoms with E-state index in [0.29, 0.717) is 13.0 Å². The third-order valence-corrected chi connectivity index (χ3v) is 4.17. The van der Waals surface area contributed by atoms with Gasteiger partial charge in [0, 0.05) is 24.3 Å². The number of benzene rings is 2. The fraction of sp³-hybridized carbons (Fsp3) is 0.263. The quantitative estimate of drug-likeness (QED) is 0.911. The van der Waals surface area contributed by atoms with Crippen molar-refractivity contribution in [2.75, 3.05) is 16.8 Å². The second kappa shape index (κ2) is 6.74. The minimum absolute atomic E-state index is 0.0261. The molecule has 1 saturated heterocycles. The Bertz CT molecular complexity index is 758. The van der Waals surface area contributed by atoms with Crippen LogP contribution in [0.15, 0.2) is 48.5 Å². The van der Waals surface area contributed by atoms with Gasteiger partial charge in [-0.1, -0.05) is 30.3 Å². The molecule has 5 heteroatoms. The lowest BCUT2D eigenvalue weighted by Gasteiger charge is -2.17. The second-order valence-corrected chi connectivity index (χ2v) is 6.16. The number of nitrogens with zero attached hydrogens (tertiary/aromatic N) is 1. The lowest BCUT2D eigenvalue weighted by Crippen LogP contribution is -2.39. The van der Waals surface area contributed by atoms with Gasteiger partial charge in [0.25, 0.3) is 0 Å². The van der Waals surface area contributed by atoms with Crippen LogP contribution in [-0.4, -0.2) is 24.5 Å². The molecule has 0 aliphatic carbocycles. The summed E-state index contributed by atoms with van der Waals surface area (Å²) in [5.41, 5.74) is 3.74. The predicted molar refractivity (Wildman–Crippen MR) is 95.3 cm³/mol. The highest BCUT2D eigenvalue weighted by atomic mass is 16.2. The first-order valence-electron chi connectivity index (χ1n) is 8.03. The van der Waals surface area contributed by atoms with Crippen LogP contribution in [0, 0.1) is 13.8 Å². The minimum Gasteiger partial charge on any atom is -0.333 e. The van der Waals surface area contributed by atoms with Crippen molar-refractivity contribution in [1.29, 1.82) is 0 Å². The number of amides is 3. The Morgan fingerprint density at radius 2 is 1.88 bits per heavy atom. The first-order chi connectivity index (χ1) is 11.5. The van der Waals surface area contributed by atoms with E-state index in [-0.39, 0.29) is 18.0 Å². The average molecular weight is 323 g/mol. The molecule has 0 spiro atoms. The highest BCUT2D eigenvalue weighted by Crippen LogP contribution is 2.21. The number of aryl methyl sites for hydroxylation is 2. The van der Waals surface area contributed by atoms with Crippen LogP contribution in [-0.2, 0) is 4.79 Å². The van der Waals surface area contributed by atoms with Crippen molar-refractivity contribution >= 4 is 23.3 Å². The smallest absolute Gasteiger partial charge is 0.319 e. The molecule has 1 atom stereocenters. The Labute approximate surface area is 141 Å². The van der Waals surface area contributed by atoms with Gasteiger partial charge in [-0.25, -0.2) is 4.79 Å². The fourth-order valence-electron chi connectivity index (χ4n) is 2.88. The van der Waals surface area contributed by atoms with E-state index in [2.05, 4.69) is 10.6 Å². The number of carbonyl (C=O) groups excluding carboxylic acids is 2. The molecule has 5 nitrogen and oxygen atoms in total. The average Bonchev–Trinajstić information content (AvgIpc) is 2.92. The van der Waals surface area contributed by atoms with Crippen LogP contribution in [0.1, 0.15) is 17.5 Å². The SMILES string of the molecule is Cc1ccc(C)c(NC(=O)N[C@@H]2CC(=O)N(c3ccccc3)C2)c1. The van der Waals surface area contributed by atoms with E-state index in [1.54, 1.807) is 4.90 Å². The first kappa shape index (κ1) is 16.1. The molecule has 1 heterocycles. The molecule has 0 saturated carbocycles. The number of carbonyl (C=O) groups is 2. The number of hydrogen-bond donors (Lipinski definition) is 2. The third-order valence-electron chi connectivity index (χ3n) is 4.17. The van der Waals surface area contributed by atoms with E-state index in [1.165, 1.54) is 0 Å². The van der Waals surface area contributed by atoms with Gasteiger partial charge >= 0.3 is 6.03 Å². The number of hydrogen-bond acceptors (Lipinski definition) is 2. The number of nitrogens with one attached hydrogen (secondary N) is 2. The first-order valence-corrected chi connectivity index (χ1v) is 8.03. The lowest BCUT2D eigenvalue weighted by atomic mass is 10.1. The fourth-order valence-corrected chi connectivity index (χ4v) is 2.88. The molecule has 1 fully saturated rings. The number of para-hydroxylation sites is 1. The van der Waals surface area contributed by atoms with Gasteiger partial charge in [-0.05, 0) is 43.2 Å². The predicted octanol–water partition coefficient (Wildman–Crippen LogP) is 3.23. The van der Waals surface area contributed by atoms with Crippen molar-refractivity contribution in [3.63, 3.8) is 0 Å². The van der Waals surface area contributed by atoms with E-state index in [9.17, 15) is 9.59 Å². The topological polar surface area (TPSA) is 61.4 Å². The summed E-state index contributed by atoms with van der Waals surface area (Å²) in [6.07, 6.45) is 0.315. The standard InChI is InChI=1S/C19H21N3O2/c1-13-8-9-14(2)17(10-13)21-19(24)20-15-11-18(23)22(12-15)16-6-4-3-5-7-16/h3-10,15H,11-12H2,1-2H3,(H2,20,21,24)/t15-/m1/s1. The van der Waals surface area contributed by atoms with Crippen LogP contribution in [0.2, 0.25) is 0 Å². The van der Waals surface area contributed by atoms with Gasteiger partial charge < -0.3 is 15.5 Å². The molecule has 3 amide bonds. The molecule has 0 bridgehead atoms. The van der Waals surface area contributed by atoms with Crippen LogP contribution in [0.3, 0.4) is 0 Å². The Kier molecular flexibility index (Phi) is 4.51. The number of anilines is 2. The summed E-state index contributed by atoms with van der Waals surface area (Å²) in [6.45, 7) is 4.42. The molecule has 124 valence electrons. The summed E-state index contributed by atoms with van der Waals surface area (Å²) in [5.74, 6) is 0.0261. The number of urea groups is 1. The molecule has 2 aromatic rings. The van der Waals surface area contributed by atoms with E-state index in [4.69, 9.17) is 0 Å². The summed E-state index contributed by atoms with van der Waals surface area (Å²) in [6, 6.07) is 15.0. The largest absolute Gasteiger partial charge is 0.333 e. The molecule has 0 radical (unpaired) electrons. The zero-order valence-electron chi connectivity index (χ0n) is 13.9. The molecular weight excluding hydrogens is 302 g/mol. The molecule has 1 aliphatic heterocycles. The zero-order valence-corrected chi connectivity index (χ0v) is 13.9. The van der Waals surface area contributed by atoms with Gasteiger partial charge in [0.15, 0.2) is 0 Å². The van der Waals surface area contributed by atoms with Crippen LogP contribution >= 0.6 is 0 Å². The van der Waals surface area contributed by atoms with E-state index < -0.39 is 0 Å². The van der Waals surface area contributed by atoms with Crippen molar-refractivity contribution in [2.24, 2.45) is 0 Å². The monoisotopic (exact) mass is 323 g/mol. The van der Waals surface area contributed by atoms with Crippen LogP contribution in [0.25, 0.3) is 0 Å². The Balaban J connectivity index is 1.61. The van der Waals surface area contributed by atoms with Gasteiger partial charge in [-0.3, -0.25) is 4.79 Å². The maximum absolute atomic E-state index is 12.2. The third kappa shape index (κ3) is 3.56. The number of rotatable bonds is 3. The molecule has 24 heavy (non-hydrogen) atoms. The Morgan fingerprint density at radius 3 is 2.62 bits per heavy atom. The zero-order chi connectivity index (χ0) is 17.1. The maximum Gasteiger partial charge on any atom is 0.319 e. The van der Waals surface area contributed by atoms with Gasteiger partial charge in [0.05, 0.1) is 6.04 Å². The van der Waals surface area contributed by atoms with Gasteiger partial charge in [0.1, 0.15) is 0 Å². The van der Waals surface area contributed by atoms with Gasteiger partial charge in [0.2, 0.25) is 5.91 Å². The van der Waals surface area contributed by atoms with Crippen LogP contribution in [0.4, 0.5) is 16.2 Å². The Morgan fingerprint density at radius 1 is 1.12 bits per heavy atom. The van der Waals surface area contributed by atoms with Crippen molar-refractivity contribution < 1.29 is 9.59 Å². The molecule has 0 unspecified atom stereocenters. The van der Waals surface area contributed by atoms with E-state index >= 15 is 0 Å². The Hall–Kier alpha value is -2.82. The van der Waals surface area contributed by atoms with E-state index in [0.717, 1.165) is 22.5 Å². The molecule has 1 aliphatic rings. The minimum atomic E-state index is -0.281. The molecule has 2 N–H and O–H groups in total. The van der Waals surface area contributed by atoms with Crippen molar-refractivity contribution in [3.8, 4) is 0 Å². The second-order valence-electron chi connectivity index (χ2n) is 6.16. The van der Waals surface area contributed by atoms with Crippen LogP contribution in [0.5, 0.6) is 0 Å². The lowest BCUT2D eigenvalue weighted by molar-refractivity contribution is -0.117. The highest BCUT2D eigenvalue weighted by Gasteiger charge is 2.31. The van der Waals surface area contributed by atoms with Crippen molar-refractivity contribution in [1.82, 2.24) is 5.32 Å². The van der Waals surface area contributed by atoms with Gasteiger partial charge in [-0.15, -0.1) is 0 Å². The molecule has 3 rings (SSSR count). The normalized spacial score (nSPS) is 17.0. The summed E-state index contributed by atoms with van der Waals surface area (Å²) in [7, 11) is 0. The van der Waals surface area contributed by atoms with Crippen molar-refractivity contribution in [3.05, 3.63) is 59.7 Å². The summed E-state index contributed by atoms with van der Waals surface area (Å²) < 4.78 is 0. The van der Waals surface area contributed by atoms with E-state index in [1.807, 2.05) is 62.4 Å². The molecule has 2 aromatic carbocycles. The van der Waals surface area contributed by atoms with Crippen LogP contribution < -0.4 is 15.5 Å². The summed E-state index contributed by atoms with van der Waals surface area (Å²) >= 11 is 0. The summed E-state index contributed by atoms with van der Waals surface area (Å²) in [5, 5.41) is 5.76. The summed E-state index contributed by atoms with van der Waals surface area (Å²) in [4.78, 5) is 26.1. The molecule has 0 aromatic heterocycles. The maximum atomic E-state index is 12.2. The highest BCUT2D eigenvalue weighted by molar-refractivity contribution is 5.97.